The molecule has 1 saturated heterocycles. The van der Waals surface area contributed by atoms with Crippen molar-refractivity contribution in [2.24, 2.45) is 0 Å². The molecule has 0 aliphatic carbocycles. The third-order valence-corrected chi connectivity index (χ3v) is 6.53. The Morgan fingerprint density at radius 2 is 1.79 bits per heavy atom. The molecule has 150 valence electrons. The molecule has 28 heavy (non-hydrogen) atoms. The summed E-state index contributed by atoms with van der Waals surface area (Å²) in [7, 11) is -2.01. The summed E-state index contributed by atoms with van der Waals surface area (Å²) in [5.74, 6) is -0.262. The lowest BCUT2D eigenvalue weighted by atomic mass is 10.1. The molecule has 1 heterocycles. The maximum Gasteiger partial charge on any atom is 0.251 e. The molecule has 0 spiro atoms. The molecular formula is C20H24N2O5S. The molecule has 0 bridgehead atoms. The number of amides is 1. The second-order valence-corrected chi connectivity index (χ2v) is 8.34. The predicted octanol–water partition coefficient (Wildman–Crippen LogP) is 1.78. The molecule has 7 nitrogen and oxygen atoms in total. The third kappa shape index (κ3) is 4.77. The number of carbonyl (C=O) groups excluding carboxylic acids is 1. The number of nitrogens with one attached hydrogen (secondary N) is 1. The van der Waals surface area contributed by atoms with E-state index in [-0.39, 0.29) is 17.3 Å². The number of nitrogens with zero attached hydrogens (tertiary/aromatic N) is 1. The van der Waals surface area contributed by atoms with Gasteiger partial charge in [-0.3, -0.25) is 4.79 Å². The molecule has 3 rings (SSSR count). The Bertz CT molecular complexity index is 906. The summed E-state index contributed by atoms with van der Waals surface area (Å²) in [5, 5.41) is 2.80. The van der Waals surface area contributed by atoms with Gasteiger partial charge in [-0.2, -0.15) is 4.31 Å². The van der Waals surface area contributed by atoms with Crippen LogP contribution in [0.1, 0.15) is 21.5 Å². The second-order valence-electron chi connectivity index (χ2n) is 6.44. The fraction of sp³-hybridized carbons (Fsp3) is 0.350. The topological polar surface area (TPSA) is 84.9 Å². The molecule has 1 amide bonds. The lowest BCUT2D eigenvalue weighted by Crippen LogP contribution is -2.41. The maximum absolute atomic E-state index is 13.0. The summed E-state index contributed by atoms with van der Waals surface area (Å²) < 4.78 is 37.7. The van der Waals surface area contributed by atoms with Crippen molar-refractivity contribution >= 4 is 15.9 Å². The Hall–Kier alpha value is -2.26. The number of sulfonamides is 1. The van der Waals surface area contributed by atoms with Gasteiger partial charge in [0.2, 0.25) is 10.0 Å². The molecule has 0 radical (unpaired) electrons. The summed E-state index contributed by atoms with van der Waals surface area (Å²) in [6, 6.07) is 13.8. The average Bonchev–Trinajstić information content (AvgIpc) is 2.73. The van der Waals surface area contributed by atoms with Crippen molar-refractivity contribution < 1.29 is 22.7 Å². The molecule has 2 aromatic carbocycles. The Balaban J connectivity index is 1.72. The fourth-order valence-electron chi connectivity index (χ4n) is 3.02. The zero-order chi connectivity index (χ0) is 20.0. The van der Waals surface area contributed by atoms with Crippen molar-refractivity contribution in [3.8, 4) is 0 Å². The quantitative estimate of drug-likeness (QED) is 0.760. The van der Waals surface area contributed by atoms with Crippen LogP contribution in [0.5, 0.6) is 0 Å². The van der Waals surface area contributed by atoms with Crippen molar-refractivity contribution in [3.05, 3.63) is 65.2 Å². The van der Waals surface area contributed by atoms with E-state index in [0.717, 1.165) is 5.56 Å². The third-order valence-electron chi connectivity index (χ3n) is 4.53. The smallest absolute Gasteiger partial charge is 0.251 e. The van der Waals surface area contributed by atoms with Crippen LogP contribution in [0.15, 0.2) is 53.4 Å². The van der Waals surface area contributed by atoms with Crippen molar-refractivity contribution in [2.75, 3.05) is 33.4 Å². The number of morpholine rings is 1. The zero-order valence-corrected chi connectivity index (χ0v) is 16.6. The van der Waals surface area contributed by atoms with E-state index in [0.29, 0.717) is 44.0 Å². The number of carbonyl (C=O) groups is 1. The van der Waals surface area contributed by atoms with Crippen LogP contribution in [0.25, 0.3) is 0 Å². The fourth-order valence-corrected chi connectivity index (χ4v) is 4.65. The first kappa shape index (κ1) is 20.5. The highest BCUT2D eigenvalue weighted by atomic mass is 32.2. The minimum atomic E-state index is -3.63. The Kier molecular flexibility index (Phi) is 6.79. The molecular weight excluding hydrogens is 380 g/mol. The van der Waals surface area contributed by atoms with E-state index >= 15 is 0 Å². The lowest BCUT2D eigenvalue weighted by molar-refractivity contribution is 0.0730. The number of methoxy groups -OCH3 is 1. The first-order valence-corrected chi connectivity index (χ1v) is 10.5. The van der Waals surface area contributed by atoms with Crippen LogP contribution in [0.2, 0.25) is 0 Å². The van der Waals surface area contributed by atoms with Crippen LogP contribution in [0.3, 0.4) is 0 Å². The van der Waals surface area contributed by atoms with Gasteiger partial charge in [0.05, 0.1) is 24.7 Å². The van der Waals surface area contributed by atoms with E-state index in [9.17, 15) is 13.2 Å². The minimum absolute atomic E-state index is 0.123. The Morgan fingerprint density at radius 3 is 2.46 bits per heavy atom. The largest absolute Gasteiger partial charge is 0.380 e. The monoisotopic (exact) mass is 404 g/mol. The van der Waals surface area contributed by atoms with Gasteiger partial charge < -0.3 is 14.8 Å². The number of hydrogen-bond acceptors (Lipinski definition) is 5. The summed E-state index contributed by atoms with van der Waals surface area (Å²) in [6.45, 7) is 2.04. The van der Waals surface area contributed by atoms with Crippen molar-refractivity contribution in [3.63, 3.8) is 0 Å². The standard InChI is InChI=1S/C20H24N2O5S/c1-26-15-16-6-8-17(9-7-16)20(23)21-14-18-4-2-3-5-19(18)28(24,25)22-10-12-27-13-11-22/h2-9H,10-15H2,1H3,(H,21,23). The zero-order valence-electron chi connectivity index (χ0n) is 15.8. The van der Waals surface area contributed by atoms with E-state index in [1.165, 1.54) is 4.31 Å². The average molecular weight is 404 g/mol. The van der Waals surface area contributed by atoms with Gasteiger partial charge in [-0.05, 0) is 29.3 Å². The number of hydrogen-bond donors (Lipinski definition) is 1. The van der Waals surface area contributed by atoms with Gasteiger partial charge >= 0.3 is 0 Å². The highest BCUT2D eigenvalue weighted by Gasteiger charge is 2.28. The minimum Gasteiger partial charge on any atom is -0.380 e. The van der Waals surface area contributed by atoms with Crippen LogP contribution >= 0.6 is 0 Å². The molecule has 0 aromatic heterocycles. The van der Waals surface area contributed by atoms with Crippen molar-refractivity contribution in [2.45, 2.75) is 18.0 Å². The highest BCUT2D eigenvalue weighted by Crippen LogP contribution is 2.21. The number of rotatable bonds is 7. The van der Waals surface area contributed by atoms with Gasteiger partial charge in [-0.1, -0.05) is 30.3 Å². The molecule has 2 aromatic rings. The lowest BCUT2D eigenvalue weighted by Gasteiger charge is -2.27. The number of benzene rings is 2. The normalized spacial score (nSPS) is 15.3. The Labute approximate surface area is 165 Å². The van der Waals surface area contributed by atoms with Crippen LogP contribution < -0.4 is 5.32 Å². The van der Waals surface area contributed by atoms with Gasteiger partial charge in [-0.15, -0.1) is 0 Å². The van der Waals surface area contributed by atoms with E-state index in [4.69, 9.17) is 9.47 Å². The molecule has 0 unspecified atom stereocenters. The Morgan fingerprint density at radius 1 is 1.11 bits per heavy atom. The van der Waals surface area contributed by atoms with E-state index in [2.05, 4.69) is 5.32 Å². The van der Waals surface area contributed by atoms with Crippen LogP contribution in [0, 0.1) is 0 Å². The highest BCUT2D eigenvalue weighted by molar-refractivity contribution is 7.89. The molecule has 1 N–H and O–H groups in total. The second kappa shape index (κ2) is 9.29. The van der Waals surface area contributed by atoms with Gasteiger partial charge in [-0.25, -0.2) is 8.42 Å². The first-order chi connectivity index (χ1) is 13.5. The van der Waals surface area contributed by atoms with E-state index in [1.54, 1.807) is 43.5 Å². The first-order valence-electron chi connectivity index (χ1n) is 9.04. The molecule has 1 aliphatic heterocycles. The molecule has 0 saturated carbocycles. The number of ether oxygens (including phenoxy) is 2. The SMILES string of the molecule is COCc1ccc(C(=O)NCc2ccccc2S(=O)(=O)N2CCOCC2)cc1. The molecule has 1 fully saturated rings. The van der Waals surface area contributed by atoms with Gasteiger partial charge in [0.25, 0.3) is 5.91 Å². The molecule has 1 aliphatic rings. The van der Waals surface area contributed by atoms with Crippen molar-refractivity contribution in [1.82, 2.24) is 9.62 Å². The summed E-state index contributed by atoms with van der Waals surface area (Å²) in [5.41, 5.74) is 2.03. The summed E-state index contributed by atoms with van der Waals surface area (Å²) in [6.07, 6.45) is 0. The summed E-state index contributed by atoms with van der Waals surface area (Å²) >= 11 is 0. The van der Waals surface area contributed by atoms with E-state index in [1.807, 2.05) is 12.1 Å². The summed E-state index contributed by atoms with van der Waals surface area (Å²) in [4.78, 5) is 12.6. The van der Waals surface area contributed by atoms with Crippen LogP contribution in [-0.4, -0.2) is 52.0 Å². The van der Waals surface area contributed by atoms with Crippen molar-refractivity contribution in [1.29, 1.82) is 0 Å². The van der Waals surface area contributed by atoms with E-state index < -0.39 is 10.0 Å². The molecule has 0 atom stereocenters. The van der Waals surface area contributed by atoms with Gasteiger partial charge in [0, 0.05) is 32.3 Å². The predicted molar refractivity (Wildman–Crippen MR) is 104 cm³/mol. The maximum atomic E-state index is 13.0. The van der Waals surface area contributed by atoms with Gasteiger partial charge in [0.1, 0.15) is 0 Å². The van der Waals surface area contributed by atoms with Gasteiger partial charge in [0.15, 0.2) is 0 Å². The van der Waals surface area contributed by atoms with Crippen LogP contribution in [0.4, 0.5) is 0 Å². The van der Waals surface area contributed by atoms with Crippen LogP contribution in [-0.2, 0) is 32.6 Å². The molecule has 8 heteroatoms.